The van der Waals surface area contributed by atoms with Crippen molar-refractivity contribution in [3.8, 4) is 0 Å². The van der Waals surface area contributed by atoms with Crippen LogP contribution in [0.25, 0.3) is 0 Å². The van der Waals surface area contributed by atoms with Gasteiger partial charge in [0.25, 0.3) is 10.1 Å². The Labute approximate surface area is 178 Å². The minimum Gasteiger partial charge on any atom is -0.295 e. The van der Waals surface area contributed by atoms with Gasteiger partial charge in [0.2, 0.25) is 0 Å². The third kappa shape index (κ3) is 27.0. The van der Waals surface area contributed by atoms with Gasteiger partial charge in [-0.15, -0.1) is 0 Å². The van der Waals surface area contributed by atoms with Gasteiger partial charge < -0.3 is 0 Å². The van der Waals surface area contributed by atoms with Crippen molar-refractivity contribution in [3.63, 3.8) is 0 Å². The molecule has 172 valence electrons. The van der Waals surface area contributed by atoms with E-state index in [9.17, 15) is 13.2 Å². The van der Waals surface area contributed by atoms with E-state index in [1.807, 2.05) is 44.2 Å². The highest BCUT2D eigenvalue weighted by molar-refractivity contribution is 7.85. The summed E-state index contributed by atoms with van der Waals surface area (Å²) >= 11 is 0. The van der Waals surface area contributed by atoms with Crippen molar-refractivity contribution in [2.75, 3.05) is 13.4 Å². The number of hydrogen-bond acceptors (Lipinski definition) is 4. The highest BCUT2D eigenvalue weighted by atomic mass is 32.2. The highest BCUT2D eigenvalue weighted by Crippen LogP contribution is 2.36. The second-order valence-electron chi connectivity index (χ2n) is 7.29. The SMILES string of the molecule is C.C.C.CC.CC(=O)c1ccccc1.CC(C)(C)C(C)(C)C.COS(C)(=O)=O. The molecule has 0 aliphatic heterocycles. The lowest BCUT2D eigenvalue weighted by atomic mass is 9.71. The summed E-state index contributed by atoms with van der Waals surface area (Å²) in [6, 6.07) is 9.23. The van der Waals surface area contributed by atoms with E-state index in [4.69, 9.17) is 0 Å². The summed E-state index contributed by atoms with van der Waals surface area (Å²) in [7, 11) is -2.04. The summed E-state index contributed by atoms with van der Waals surface area (Å²) in [5, 5.41) is 0. The molecule has 4 nitrogen and oxygen atoms in total. The molecule has 0 fully saturated rings. The quantitative estimate of drug-likeness (QED) is 0.366. The predicted molar refractivity (Wildman–Crippen MR) is 129 cm³/mol. The van der Waals surface area contributed by atoms with Crippen LogP contribution in [0, 0.1) is 10.8 Å². The topological polar surface area (TPSA) is 60.4 Å². The first-order valence-corrected chi connectivity index (χ1v) is 10.2. The Morgan fingerprint density at radius 2 is 1.07 bits per heavy atom. The molecule has 28 heavy (non-hydrogen) atoms. The maximum Gasteiger partial charge on any atom is 0.264 e. The lowest BCUT2D eigenvalue weighted by molar-refractivity contribution is 0.101. The van der Waals surface area contributed by atoms with Crippen molar-refractivity contribution in [1.82, 2.24) is 0 Å². The average Bonchev–Trinajstić information content (AvgIpc) is 2.49. The number of Topliss-reactive ketones (excluding diaryl/α,β-unsaturated/α-hetero) is 1. The molecule has 0 amide bonds. The molecular weight excluding hydrogens is 372 g/mol. The van der Waals surface area contributed by atoms with Crippen molar-refractivity contribution >= 4 is 15.9 Å². The Hall–Kier alpha value is -1.20. The Balaban J connectivity index is -0.0000000599. The fourth-order valence-corrected chi connectivity index (χ4v) is 0.673. The molecule has 0 N–H and O–H groups in total. The number of benzene rings is 1. The van der Waals surface area contributed by atoms with Crippen LogP contribution in [0.4, 0.5) is 0 Å². The first kappa shape index (κ1) is 41.2. The van der Waals surface area contributed by atoms with E-state index in [2.05, 4.69) is 45.7 Å². The van der Waals surface area contributed by atoms with Crippen molar-refractivity contribution in [1.29, 1.82) is 0 Å². The van der Waals surface area contributed by atoms with Crippen molar-refractivity contribution in [2.24, 2.45) is 10.8 Å². The van der Waals surface area contributed by atoms with Crippen LogP contribution in [-0.4, -0.2) is 27.6 Å². The molecule has 5 heteroatoms. The lowest BCUT2D eigenvalue weighted by Crippen LogP contribution is -2.25. The molecule has 0 heterocycles. The number of carbonyl (C=O) groups is 1. The number of rotatable bonds is 2. The Morgan fingerprint density at radius 1 is 0.821 bits per heavy atom. The van der Waals surface area contributed by atoms with E-state index in [-0.39, 0.29) is 28.1 Å². The molecule has 0 spiro atoms. The number of carbonyl (C=O) groups excluding carboxylic acids is 1. The molecule has 1 aromatic rings. The normalized spacial score (nSPS) is 9.68. The highest BCUT2D eigenvalue weighted by Gasteiger charge is 2.26. The average molecular weight is 423 g/mol. The van der Waals surface area contributed by atoms with E-state index < -0.39 is 10.1 Å². The minimum atomic E-state index is -3.16. The number of hydrogen-bond donors (Lipinski definition) is 0. The zero-order chi connectivity index (χ0) is 20.9. The largest absolute Gasteiger partial charge is 0.295 e. The summed E-state index contributed by atoms with van der Waals surface area (Å²) in [6.07, 6.45) is 0.993. The molecule has 0 bridgehead atoms. The van der Waals surface area contributed by atoms with Crippen LogP contribution >= 0.6 is 0 Å². The summed E-state index contributed by atoms with van der Waals surface area (Å²) in [5.74, 6) is 0.121. The van der Waals surface area contributed by atoms with Gasteiger partial charge in [-0.1, -0.05) is 108 Å². The van der Waals surface area contributed by atoms with Gasteiger partial charge in [-0.2, -0.15) is 8.42 Å². The fraction of sp³-hybridized carbons (Fsp3) is 0.696. The van der Waals surface area contributed by atoms with Crippen LogP contribution in [0.5, 0.6) is 0 Å². The summed E-state index contributed by atoms with van der Waals surface area (Å²) in [6.45, 7) is 19.2. The molecule has 0 unspecified atom stereocenters. The van der Waals surface area contributed by atoms with E-state index in [1.165, 1.54) is 0 Å². The third-order valence-corrected chi connectivity index (χ3v) is 4.34. The van der Waals surface area contributed by atoms with Crippen molar-refractivity contribution in [2.45, 2.75) is 84.6 Å². The second-order valence-corrected chi connectivity index (χ2v) is 9.03. The maximum absolute atomic E-state index is 10.6. The second kappa shape index (κ2) is 19.1. The third-order valence-electron chi connectivity index (χ3n) is 3.73. The Morgan fingerprint density at radius 3 is 1.18 bits per heavy atom. The zero-order valence-electron chi connectivity index (χ0n) is 17.9. The minimum absolute atomic E-state index is 0. The van der Waals surface area contributed by atoms with Crippen LogP contribution in [0.15, 0.2) is 30.3 Å². The summed E-state index contributed by atoms with van der Waals surface area (Å²) in [5.41, 5.74) is 1.65. The molecule has 1 rings (SSSR count). The maximum atomic E-state index is 10.6. The van der Waals surface area contributed by atoms with Gasteiger partial charge in [0.1, 0.15) is 0 Å². The van der Waals surface area contributed by atoms with E-state index in [0.29, 0.717) is 10.8 Å². The fourth-order valence-electron chi connectivity index (χ4n) is 0.673. The van der Waals surface area contributed by atoms with Gasteiger partial charge in [0.05, 0.1) is 13.4 Å². The molecule has 0 radical (unpaired) electrons. The van der Waals surface area contributed by atoms with Crippen molar-refractivity contribution in [3.05, 3.63) is 35.9 Å². The van der Waals surface area contributed by atoms with Crippen molar-refractivity contribution < 1.29 is 17.4 Å². The Bertz CT molecular complexity index is 537. The van der Waals surface area contributed by atoms with Gasteiger partial charge in [-0.05, 0) is 17.8 Å². The molecule has 0 aliphatic carbocycles. The van der Waals surface area contributed by atoms with Gasteiger partial charge in [-0.25, -0.2) is 0 Å². The smallest absolute Gasteiger partial charge is 0.264 e. The first-order chi connectivity index (χ1) is 11.1. The van der Waals surface area contributed by atoms with E-state index >= 15 is 0 Å². The molecule has 1 aromatic carbocycles. The number of ketones is 1. The van der Waals surface area contributed by atoms with Gasteiger partial charge >= 0.3 is 0 Å². The molecular formula is C23H50O4S. The van der Waals surface area contributed by atoms with Gasteiger partial charge in [0.15, 0.2) is 5.78 Å². The van der Waals surface area contributed by atoms with Gasteiger partial charge in [-0.3, -0.25) is 8.98 Å². The predicted octanol–water partition coefficient (Wildman–Crippen LogP) is 7.49. The van der Waals surface area contributed by atoms with Crippen LogP contribution < -0.4 is 0 Å². The molecule has 0 aromatic heterocycles. The molecule has 0 saturated carbocycles. The monoisotopic (exact) mass is 422 g/mol. The first-order valence-electron chi connectivity index (χ1n) is 8.43. The molecule has 0 atom stereocenters. The zero-order valence-corrected chi connectivity index (χ0v) is 18.7. The summed E-state index contributed by atoms with van der Waals surface area (Å²) < 4.78 is 23.5. The van der Waals surface area contributed by atoms with Crippen LogP contribution in [0.1, 0.15) is 95.0 Å². The van der Waals surface area contributed by atoms with Gasteiger partial charge in [0, 0.05) is 5.56 Å². The standard InChI is InChI=1S/C8H8O.C8H18.C2H6O3S.C2H6.3CH4/c1-7(9)8-5-3-2-4-6-8;1-7(2,3)8(4,5)6;1-5-6(2,3)4;1-2;;;/h2-6H,1H3;1-6H3;1-2H3;1-2H3;3*1H4. The summed E-state index contributed by atoms with van der Waals surface area (Å²) in [4.78, 5) is 10.6. The van der Waals surface area contributed by atoms with E-state index in [1.54, 1.807) is 6.92 Å². The van der Waals surface area contributed by atoms with Crippen LogP contribution in [-0.2, 0) is 14.3 Å². The molecule has 0 saturated heterocycles. The lowest BCUT2D eigenvalue weighted by Gasteiger charge is -2.34. The van der Waals surface area contributed by atoms with Crippen LogP contribution in [0.3, 0.4) is 0 Å². The molecule has 0 aliphatic rings. The van der Waals surface area contributed by atoms with Crippen LogP contribution in [0.2, 0.25) is 0 Å². The Kier molecular flexibility index (Phi) is 28.2. The van der Waals surface area contributed by atoms with E-state index in [0.717, 1.165) is 18.9 Å².